The molecule has 1 heterocycles. The summed E-state index contributed by atoms with van der Waals surface area (Å²) in [4.78, 5) is 0. The van der Waals surface area contributed by atoms with Gasteiger partial charge in [0.1, 0.15) is 5.75 Å². The van der Waals surface area contributed by atoms with Gasteiger partial charge < -0.3 is 15.2 Å². The van der Waals surface area contributed by atoms with Crippen LogP contribution in [0.5, 0.6) is 5.75 Å². The van der Waals surface area contributed by atoms with Crippen molar-refractivity contribution in [2.45, 2.75) is 38.5 Å². The SMILES string of the molecule is OCCCCCCOc1ccc2c(c1)CCCN2. The molecule has 1 aliphatic heterocycles. The Morgan fingerprint density at radius 2 is 2.06 bits per heavy atom. The van der Waals surface area contributed by atoms with Gasteiger partial charge in [0.25, 0.3) is 0 Å². The van der Waals surface area contributed by atoms with Crippen molar-refractivity contribution in [3.63, 3.8) is 0 Å². The highest BCUT2D eigenvalue weighted by atomic mass is 16.5. The molecule has 0 spiro atoms. The van der Waals surface area contributed by atoms with E-state index in [1.165, 1.54) is 17.7 Å². The van der Waals surface area contributed by atoms with E-state index in [4.69, 9.17) is 9.84 Å². The van der Waals surface area contributed by atoms with Crippen LogP contribution in [0.15, 0.2) is 18.2 Å². The molecule has 0 unspecified atom stereocenters. The highest BCUT2D eigenvalue weighted by Crippen LogP contribution is 2.26. The van der Waals surface area contributed by atoms with Gasteiger partial charge in [0.2, 0.25) is 0 Å². The van der Waals surface area contributed by atoms with Crippen LogP contribution in [0.4, 0.5) is 5.69 Å². The van der Waals surface area contributed by atoms with Gasteiger partial charge in [-0.25, -0.2) is 0 Å². The minimum absolute atomic E-state index is 0.304. The van der Waals surface area contributed by atoms with E-state index < -0.39 is 0 Å². The molecule has 100 valence electrons. The Balaban J connectivity index is 1.72. The van der Waals surface area contributed by atoms with E-state index in [0.29, 0.717) is 6.61 Å². The highest BCUT2D eigenvalue weighted by Gasteiger charge is 2.08. The lowest BCUT2D eigenvalue weighted by molar-refractivity contribution is 0.273. The van der Waals surface area contributed by atoms with Crippen LogP contribution in [0.1, 0.15) is 37.7 Å². The molecule has 3 heteroatoms. The fourth-order valence-electron chi connectivity index (χ4n) is 2.30. The van der Waals surface area contributed by atoms with Crippen LogP contribution in [0, 0.1) is 0 Å². The van der Waals surface area contributed by atoms with Crippen molar-refractivity contribution < 1.29 is 9.84 Å². The molecular formula is C15H23NO2. The van der Waals surface area contributed by atoms with Crippen LogP contribution >= 0.6 is 0 Å². The number of aliphatic hydroxyl groups excluding tert-OH is 1. The van der Waals surface area contributed by atoms with Crippen molar-refractivity contribution in [3.8, 4) is 5.75 Å². The number of ether oxygens (including phenoxy) is 1. The van der Waals surface area contributed by atoms with Crippen molar-refractivity contribution in [1.82, 2.24) is 0 Å². The van der Waals surface area contributed by atoms with Gasteiger partial charge in [0.05, 0.1) is 6.61 Å². The highest BCUT2D eigenvalue weighted by molar-refractivity contribution is 5.55. The van der Waals surface area contributed by atoms with E-state index in [-0.39, 0.29) is 0 Å². The number of nitrogens with one attached hydrogen (secondary N) is 1. The summed E-state index contributed by atoms with van der Waals surface area (Å²) in [6, 6.07) is 6.33. The van der Waals surface area contributed by atoms with Crippen molar-refractivity contribution >= 4 is 5.69 Å². The molecule has 0 saturated heterocycles. The maximum atomic E-state index is 8.68. The summed E-state index contributed by atoms with van der Waals surface area (Å²) in [6.45, 7) is 2.16. The molecule has 2 N–H and O–H groups in total. The minimum atomic E-state index is 0.304. The standard InChI is InChI=1S/C15H23NO2/c17-10-3-1-2-4-11-18-14-7-8-15-13(12-14)6-5-9-16-15/h7-8,12,16-17H,1-6,9-11H2. The Kier molecular flexibility index (Phi) is 5.34. The first-order valence-electron chi connectivity index (χ1n) is 7.00. The number of anilines is 1. The molecule has 0 atom stereocenters. The van der Waals surface area contributed by atoms with E-state index in [9.17, 15) is 0 Å². The van der Waals surface area contributed by atoms with Crippen molar-refractivity contribution in [1.29, 1.82) is 0 Å². The Labute approximate surface area is 109 Å². The number of hydrogen-bond acceptors (Lipinski definition) is 3. The Morgan fingerprint density at radius 1 is 1.17 bits per heavy atom. The van der Waals surface area contributed by atoms with Crippen LogP contribution in [-0.4, -0.2) is 24.9 Å². The molecular weight excluding hydrogens is 226 g/mol. The molecule has 0 bridgehead atoms. The second-order valence-electron chi connectivity index (χ2n) is 4.84. The molecule has 0 aliphatic carbocycles. The van der Waals surface area contributed by atoms with Crippen LogP contribution < -0.4 is 10.1 Å². The Hall–Kier alpha value is -1.22. The zero-order valence-corrected chi connectivity index (χ0v) is 11.0. The quantitative estimate of drug-likeness (QED) is 0.730. The third-order valence-electron chi connectivity index (χ3n) is 3.34. The van der Waals surface area contributed by atoms with Crippen LogP contribution in [0.3, 0.4) is 0 Å². The first-order valence-corrected chi connectivity index (χ1v) is 7.00. The second-order valence-corrected chi connectivity index (χ2v) is 4.84. The summed E-state index contributed by atoms with van der Waals surface area (Å²) in [7, 11) is 0. The predicted molar refractivity (Wildman–Crippen MR) is 74.3 cm³/mol. The smallest absolute Gasteiger partial charge is 0.119 e. The van der Waals surface area contributed by atoms with Crippen molar-refractivity contribution in [2.24, 2.45) is 0 Å². The molecule has 3 nitrogen and oxygen atoms in total. The maximum Gasteiger partial charge on any atom is 0.119 e. The molecule has 1 aliphatic rings. The van der Waals surface area contributed by atoms with E-state index in [1.807, 2.05) is 6.07 Å². The zero-order chi connectivity index (χ0) is 12.6. The summed E-state index contributed by atoms with van der Waals surface area (Å²) >= 11 is 0. The molecule has 18 heavy (non-hydrogen) atoms. The van der Waals surface area contributed by atoms with E-state index in [2.05, 4.69) is 17.4 Å². The first-order chi connectivity index (χ1) is 8.90. The lowest BCUT2D eigenvalue weighted by Crippen LogP contribution is -2.11. The number of hydrogen-bond donors (Lipinski definition) is 2. The zero-order valence-electron chi connectivity index (χ0n) is 11.0. The largest absolute Gasteiger partial charge is 0.494 e. The average Bonchev–Trinajstić information content (AvgIpc) is 2.42. The molecule has 0 fully saturated rings. The third kappa shape index (κ3) is 3.91. The number of aliphatic hydroxyl groups is 1. The first kappa shape index (κ1) is 13.2. The molecule has 0 amide bonds. The van der Waals surface area contributed by atoms with Gasteiger partial charge >= 0.3 is 0 Å². The van der Waals surface area contributed by atoms with Gasteiger partial charge in [0.15, 0.2) is 0 Å². The van der Waals surface area contributed by atoms with Gasteiger partial charge in [-0.1, -0.05) is 6.42 Å². The lowest BCUT2D eigenvalue weighted by atomic mass is 10.0. The van der Waals surface area contributed by atoms with E-state index >= 15 is 0 Å². The van der Waals surface area contributed by atoms with Crippen LogP contribution in [0.2, 0.25) is 0 Å². The average molecular weight is 249 g/mol. The molecule has 2 rings (SSSR count). The van der Waals surface area contributed by atoms with Crippen LogP contribution in [0.25, 0.3) is 0 Å². The summed E-state index contributed by atoms with van der Waals surface area (Å²) in [6.07, 6.45) is 6.55. The second kappa shape index (κ2) is 7.27. The fraction of sp³-hybridized carbons (Fsp3) is 0.600. The van der Waals surface area contributed by atoms with Gasteiger partial charge in [-0.05, 0) is 55.9 Å². The lowest BCUT2D eigenvalue weighted by Gasteiger charge is -2.18. The Morgan fingerprint density at radius 3 is 2.94 bits per heavy atom. The normalized spacial score (nSPS) is 13.8. The minimum Gasteiger partial charge on any atom is -0.494 e. The van der Waals surface area contributed by atoms with Crippen molar-refractivity contribution in [2.75, 3.05) is 25.1 Å². The van der Waals surface area contributed by atoms with Crippen molar-refractivity contribution in [3.05, 3.63) is 23.8 Å². The molecule has 0 aromatic heterocycles. The molecule has 0 radical (unpaired) electrons. The molecule has 0 saturated carbocycles. The summed E-state index contributed by atoms with van der Waals surface area (Å²) in [5.41, 5.74) is 2.63. The summed E-state index contributed by atoms with van der Waals surface area (Å²) in [5, 5.41) is 12.1. The number of aryl methyl sites for hydroxylation is 1. The van der Waals surface area contributed by atoms with E-state index in [0.717, 1.165) is 51.0 Å². The van der Waals surface area contributed by atoms with Crippen LogP contribution in [-0.2, 0) is 6.42 Å². The number of rotatable bonds is 7. The van der Waals surface area contributed by atoms with Gasteiger partial charge in [-0.15, -0.1) is 0 Å². The maximum absolute atomic E-state index is 8.68. The predicted octanol–water partition coefficient (Wildman–Crippen LogP) is 2.98. The number of benzene rings is 1. The third-order valence-corrected chi connectivity index (χ3v) is 3.34. The number of fused-ring (bicyclic) bond motifs is 1. The summed E-state index contributed by atoms with van der Waals surface area (Å²) in [5.74, 6) is 0.986. The van der Waals surface area contributed by atoms with Gasteiger partial charge in [-0.3, -0.25) is 0 Å². The topological polar surface area (TPSA) is 41.5 Å². The Bertz CT molecular complexity index is 366. The van der Waals surface area contributed by atoms with E-state index in [1.54, 1.807) is 0 Å². The monoisotopic (exact) mass is 249 g/mol. The van der Waals surface area contributed by atoms with Gasteiger partial charge in [0, 0.05) is 18.8 Å². The molecule has 1 aromatic carbocycles. The van der Waals surface area contributed by atoms with Gasteiger partial charge in [-0.2, -0.15) is 0 Å². The molecule has 1 aromatic rings. The number of unbranched alkanes of at least 4 members (excludes halogenated alkanes) is 3. The fourth-order valence-corrected chi connectivity index (χ4v) is 2.30. The summed E-state index contributed by atoms with van der Waals surface area (Å²) < 4.78 is 5.76.